The Morgan fingerprint density at radius 1 is 0.812 bits per heavy atom. The zero-order valence-corrected chi connectivity index (χ0v) is 18.0. The van der Waals surface area contributed by atoms with Crippen molar-refractivity contribution in [2.75, 3.05) is 5.43 Å². The van der Waals surface area contributed by atoms with E-state index in [4.69, 9.17) is 0 Å². The third-order valence-electron chi connectivity index (χ3n) is 4.80. The molecule has 0 amide bonds. The van der Waals surface area contributed by atoms with Crippen LogP contribution in [-0.2, 0) is 5.60 Å². The molecular formula is C22H25F6N3O. The van der Waals surface area contributed by atoms with Gasteiger partial charge in [0.15, 0.2) is 5.84 Å². The van der Waals surface area contributed by atoms with Gasteiger partial charge in [0.25, 0.3) is 5.60 Å². The van der Waals surface area contributed by atoms with Crippen molar-refractivity contribution in [2.45, 2.75) is 57.7 Å². The molecular weight excluding hydrogens is 436 g/mol. The van der Waals surface area contributed by atoms with E-state index in [0.29, 0.717) is 23.7 Å². The summed E-state index contributed by atoms with van der Waals surface area (Å²) in [5, 5.41) is 14.0. The number of amidine groups is 1. The smallest absolute Gasteiger partial charge is 0.369 e. The molecule has 0 bridgehead atoms. The minimum atomic E-state index is -5.94. The standard InChI is InChI=1S/C22H25F6N3O/c1-14(2)31(15(3)4)19(30-29-18-8-6-5-7-9-18)16-10-12-17(13-11-16)20(32,21(23,24)25)22(26,27)28/h5-15,29,32H,1-4H3. The van der Waals surface area contributed by atoms with Crippen LogP contribution in [0.1, 0.15) is 38.8 Å². The lowest BCUT2D eigenvalue weighted by molar-refractivity contribution is -0.376. The third kappa shape index (κ3) is 5.17. The molecule has 2 aromatic carbocycles. The third-order valence-corrected chi connectivity index (χ3v) is 4.80. The predicted molar refractivity (Wildman–Crippen MR) is 111 cm³/mol. The van der Waals surface area contributed by atoms with E-state index in [1.807, 2.05) is 38.7 Å². The fourth-order valence-electron chi connectivity index (χ4n) is 3.34. The van der Waals surface area contributed by atoms with Crippen LogP contribution in [0.3, 0.4) is 0 Å². The van der Waals surface area contributed by atoms with Crippen LogP contribution < -0.4 is 5.43 Å². The number of aliphatic hydroxyl groups is 1. The number of rotatable bonds is 6. The van der Waals surface area contributed by atoms with Crippen LogP contribution in [0.4, 0.5) is 32.0 Å². The number of anilines is 1. The van der Waals surface area contributed by atoms with E-state index in [1.165, 1.54) is 0 Å². The van der Waals surface area contributed by atoms with Crippen molar-refractivity contribution in [1.29, 1.82) is 0 Å². The quantitative estimate of drug-likeness (QED) is 0.244. The Labute approximate surface area is 182 Å². The Morgan fingerprint density at radius 2 is 1.28 bits per heavy atom. The molecule has 0 aliphatic carbocycles. The van der Waals surface area contributed by atoms with Crippen molar-refractivity contribution in [1.82, 2.24) is 4.90 Å². The molecule has 4 nitrogen and oxygen atoms in total. The lowest BCUT2D eigenvalue weighted by Crippen LogP contribution is -2.53. The minimum absolute atomic E-state index is 0.0757. The molecule has 2 aromatic rings. The lowest BCUT2D eigenvalue weighted by Gasteiger charge is -2.35. The van der Waals surface area contributed by atoms with E-state index in [1.54, 1.807) is 24.3 Å². The number of para-hydroxylation sites is 1. The van der Waals surface area contributed by atoms with E-state index in [-0.39, 0.29) is 17.6 Å². The van der Waals surface area contributed by atoms with Gasteiger partial charge in [-0.05, 0) is 39.8 Å². The maximum atomic E-state index is 13.2. The lowest BCUT2D eigenvalue weighted by atomic mass is 9.91. The highest BCUT2D eigenvalue weighted by Gasteiger charge is 2.71. The first-order valence-electron chi connectivity index (χ1n) is 9.84. The largest absolute Gasteiger partial charge is 0.430 e. The molecule has 0 atom stereocenters. The monoisotopic (exact) mass is 461 g/mol. The van der Waals surface area contributed by atoms with Crippen molar-refractivity contribution in [3.05, 3.63) is 65.7 Å². The van der Waals surface area contributed by atoms with E-state index < -0.39 is 23.5 Å². The molecule has 0 fully saturated rings. The van der Waals surface area contributed by atoms with Gasteiger partial charge in [-0.15, -0.1) is 0 Å². The van der Waals surface area contributed by atoms with Crippen molar-refractivity contribution in [3.63, 3.8) is 0 Å². The van der Waals surface area contributed by atoms with Crippen molar-refractivity contribution in [3.8, 4) is 0 Å². The summed E-state index contributed by atoms with van der Waals surface area (Å²) in [4.78, 5) is 1.87. The van der Waals surface area contributed by atoms with Gasteiger partial charge in [0.1, 0.15) is 0 Å². The van der Waals surface area contributed by atoms with Gasteiger partial charge in [-0.2, -0.15) is 31.4 Å². The van der Waals surface area contributed by atoms with Gasteiger partial charge >= 0.3 is 12.4 Å². The number of nitrogens with one attached hydrogen (secondary N) is 1. The normalized spacial score (nSPS) is 13.6. The summed E-state index contributed by atoms with van der Waals surface area (Å²) in [5.74, 6) is 0.327. The van der Waals surface area contributed by atoms with Gasteiger partial charge in [0, 0.05) is 23.2 Å². The van der Waals surface area contributed by atoms with Crippen molar-refractivity contribution in [2.24, 2.45) is 5.10 Å². The summed E-state index contributed by atoms with van der Waals surface area (Å²) in [6.07, 6.45) is -11.9. The highest BCUT2D eigenvalue weighted by atomic mass is 19.4. The summed E-state index contributed by atoms with van der Waals surface area (Å²) >= 11 is 0. The maximum absolute atomic E-state index is 13.2. The van der Waals surface area contributed by atoms with Crippen LogP contribution in [0.15, 0.2) is 59.7 Å². The first-order valence-corrected chi connectivity index (χ1v) is 9.84. The molecule has 0 spiro atoms. The highest BCUT2D eigenvalue weighted by Crippen LogP contribution is 2.50. The average molecular weight is 461 g/mol. The molecule has 2 N–H and O–H groups in total. The number of hydrogen-bond acceptors (Lipinski definition) is 3. The number of hydrogen-bond donors (Lipinski definition) is 2. The maximum Gasteiger partial charge on any atom is 0.430 e. The first kappa shape index (κ1) is 25.5. The molecule has 0 heterocycles. The molecule has 0 radical (unpaired) electrons. The Kier molecular flexibility index (Phi) is 7.49. The van der Waals surface area contributed by atoms with Gasteiger partial charge in [0.05, 0.1) is 5.69 Å². The van der Waals surface area contributed by atoms with Gasteiger partial charge in [-0.1, -0.05) is 42.5 Å². The van der Waals surface area contributed by atoms with Crippen LogP contribution in [0.2, 0.25) is 0 Å². The molecule has 2 rings (SSSR count). The molecule has 0 aliphatic heterocycles. The van der Waals surface area contributed by atoms with E-state index in [0.717, 1.165) is 12.1 Å². The van der Waals surface area contributed by atoms with Crippen LogP contribution in [0.5, 0.6) is 0 Å². The number of alkyl halides is 6. The number of halogens is 6. The molecule has 32 heavy (non-hydrogen) atoms. The van der Waals surface area contributed by atoms with Crippen LogP contribution in [0, 0.1) is 0 Å². The molecule has 0 saturated carbocycles. The van der Waals surface area contributed by atoms with Gasteiger partial charge in [-0.25, -0.2) is 0 Å². The topological polar surface area (TPSA) is 47.9 Å². The van der Waals surface area contributed by atoms with Crippen LogP contribution in [-0.4, -0.2) is 40.3 Å². The Bertz CT molecular complexity index is 884. The molecule has 176 valence electrons. The van der Waals surface area contributed by atoms with Crippen LogP contribution >= 0.6 is 0 Å². The fourth-order valence-corrected chi connectivity index (χ4v) is 3.34. The Morgan fingerprint density at radius 3 is 1.69 bits per heavy atom. The number of hydrazone groups is 1. The summed E-state index contributed by atoms with van der Waals surface area (Å²) in [7, 11) is 0. The van der Waals surface area contributed by atoms with E-state index in [9.17, 15) is 31.4 Å². The van der Waals surface area contributed by atoms with Crippen molar-refractivity contribution >= 4 is 11.5 Å². The SMILES string of the molecule is CC(C)N(C(=NNc1ccccc1)c1ccc(C(O)(C(F)(F)F)C(F)(F)F)cc1)C(C)C. The molecule has 0 aliphatic rings. The zero-order valence-electron chi connectivity index (χ0n) is 18.0. The molecule has 0 saturated heterocycles. The highest BCUT2D eigenvalue weighted by molar-refractivity contribution is 5.99. The molecule has 0 unspecified atom stereocenters. The summed E-state index contributed by atoms with van der Waals surface area (Å²) < 4.78 is 79.1. The summed E-state index contributed by atoms with van der Waals surface area (Å²) in [6.45, 7) is 7.55. The first-order chi connectivity index (χ1) is 14.7. The molecule has 0 aromatic heterocycles. The van der Waals surface area contributed by atoms with Gasteiger partial charge in [0.2, 0.25) is 0 Å². The van der Waals surface area contributed by atoms with E-state index >= 15 is 0 Å². The zero-order chi connectivity index (χ0) is 24.3. The predicted octanol–water partition coefficient (Wildman–Crippen LogP) is 5.89. The minimum Gasteiger partial charge on any atom is -0.369 e. The molecule has 10 heteroatoms. The van der Waals surface area contributed by atoms with Crippen molar-refractivity contribution < 1.29 is 31.4 Å². The van der Waals surface area contributed by atoms with Crippen LogP contribution in [0.25, 0.3) is 0 Å². The Balaban J connectivity index is 2.55. The van der Waals surface area contributed by atoms with Gasteiger partial charge in [-0.3, -0.25) is 5.43 Å². The average Bonchev–Trinajstić information content (AvgIpc) is 2.69. The summed E-state index contributed by atoms with van der Waals surface area (Å²) in [5.41, 5.74) is -2.50. The summed E-state index contributed by atoms with van der Waals surface area (Å²) in [6, 6.07) is 12.1. The second kappa shape index (κ2) is 9.40. The Hall–Kier alpha value is -2.75. The van der Waals surface area contributed by atoms with E-state index in [2.05, 4.69) is 10.5 Å². The number of nitrogens with zero attached hydrogens (tertiary/aromatic N) is 2. The van der Waals surface area contributed by atoms with Gasteiger partial charge < -0.3 is 10.0 Å². The fraction of sp³-hybridized carbons (Fsp3) is 0.409. The second-order valence-corrected chi connectivity index (χ2v) is 7.79. The second-order valence-electron chi connectivity index (χ2n) is 7.79. The number of benzene rings is 2.